The molecule has 0 aromatic heterocycles. The predicted octanol–water partition coefficient (Wildman–Crippen LogP) is 4.83. The molecule has 4 unspecified atom stereocenters. The molecule has 1 aliphatic rings. The van der Waals surface area contributed by atoms with Crippen LogP contribution in [0.2, 0.25) is 0 Å². The van der Waals surface area contributed by atoms with Crippen LogP contribution in [0.3, 0.4) is 0 Å². The summed E-state index contributed by atoms with van der Waals surface area (Å²) in [6, 6.07) is 7.19. The Balaban J connectivity index is 1.97. The Morgan fingerprint density at radius 1 is 1.14 bits per heavy atom. The molecule has 0 radical (unpaired) electrons. The summed E-state index contributed by atoms with van der Waals surface area (Å²) in [5.74, 6) is 1.62. The third-order valence-corrected chi connectivity index (χ3v) is 4.65. The van der Waals surface area contributed by atoms with Gasteiger partial charge in [0.25, 0.3) is 0 Å². The van der Waals surface area contributed by atoms with Crippen molar-refractivity contribution in [2.75, 3.05) is 0 Å². The molecule has 0 N–H and O–H groups in total. The molecule has 21 heavy (non-hydrogen) atoms. The first-order valence-corrected chi connectivity index (χ1v) is 8.76. The second-order valence-corrected chi connectivity index (χ2v) is 7.05. The molecular weight excluding hydrogens is 286 g/mol. The lowest BCUT2D eigenvalue weighted by Gasteiger charge is -2.33. The maximum Gasteiger partial charge on any atom is 0.202 e. The van der Waals surface area contributed by atoms with E-state index in [2.05, 4.69) is 20.8 Å². The number of benzene rings is 1. The maximum atomic E-state index is 12.6. The molecule has 0 bridgehead atoms. The van der Waals surface area contributed by atoms with E-state index >= 15 is 0 Å². The molecule has 0 aliphatic heterocycles. The largest absolute Gasteiger partial charge is 0.465 e. The number of hydrogen-bond donors (Lipinski definition) is 0. The van der Waals surface area contributed by atoms with Gasteiger partial charge in [0, 0.05) is 11.2 Å². The quantitative estimate of drug-likeness (QED) is 0.553. The van der Waals surface area contributed by atoms with Gasteiger partial charge in [0.05, 0.1) is 15.0 Å². The maximum absolute atomic E-state index is 12.6. The molecular formula is C17H26FO2P. The molecule has 1 saturated carbocycles. The highest BCUT2D eigenvalue weighted by Crippen LogP contribution is 2.29. The van der Waals surface area contributed by atoms with Gasteiger partial charge in [-0.3, -0.25) is 0 Å². The van der Waals surface area contributed by atoms with Crippen molar-refractivity contribution in [1.29, 1.82) is 0 Å². The van der Waals surface area contributed by atoms with E-state index in [-0.39, 0.29) is 18.3 Å². The second kappa shape index (κ2) is 8.10. The van der Waals surface area contributed by atoms with Crippen LogP contribution in [0, 0.1) is 11.8 Å². The van der Waals surface area contributed by atoms with Gasteiger partial charge in [-0.2, -0.15) is 0 Å². The third-order valence-electron chi connectivity index (χ3n) is 4.10. The standard InChI is InChI=1S/C17H26FO2P/c1-12(2)17(20-16-7-5-4-6-13(16)3)19-14-8-10-15(21-18)11-9-14/h8-13,16-17,21H,4-7H2,1-3H3. The Kier molecular flexibility index (Phi) is 6.44. The Bertz CT molecular complexity index is 421. The second-order valence-electron chi connectivity index (χ2n) is 6.29. The molecule has 0 heterocycles. The van der Waals surface area contributed by atoms with Crippen LogP contribution < -0.4 is 10.0 Å². The number of rotatable bonds is 6. The summed E-state index contributed by atoms with van der Waals surface area (Å²) in [5, 5.41) is 0.699. The first-order chi connectivity index (χ1) is 10.1. The fourth-order valence-electron chi connectivity index (χ4n) is 2.71. The van der Waals surface area contributed by atoms with Crippen molar-refractivity contribution in [3.8, 4) is 5.75 Å². The molecule has 1 aromatic rings. The van der Waals surface area contributed by atoms with Gasteiger partial charge in [-0.15, -0.1) is 0 Å². The first kappa shape index (κ1) is 16.7. The van der Waals surface area contributed by atoms with Crippen molar-refractivity contribution in [2.24, 2.45) is 11.8 Å². The van der Waals surface area contributed by atoms with E-state index in [9.17, 15) is 4.20 Å². The van der Waals surface area contributed by atoms with E-state index in [0.29, 0.717) is 11.2 Å². The van der Waals surface area contributed by atoms with Crippen molar-refractivity contribution >= 4 is 14.2 Å². The summed E-state index contributed by atoms with van der Waals surface area (Å²) < 4.78 is 24.8. The number of hydrogen-bond acceptors (Lipinski definition) is 2. The summed E-state index contributed by atoms with van der Waals surface area (Å²) in [6.45, 7) is 6.48. The van der Waals surface area contributed by atoms with Crippen LogP contribution in [0.15, 0.2) is 24.3 Å². The summed E-state index contributed by atoms with van der Waals surface area (Å²) in [6.07, 6.45) is 4.95. The van der Waals surface area contributed by atoms with Crippen LogP contribution in [0.1, 0.15) is 46.5 Å². The minimum Gasteiger partial charge on any atom is -0.465 e. The number of ether oxygens (including phenoxy) is 2. The zero-order chi connectivity index (χ0) is 15.2. The van der Waals surface area contributed by atoms with Gasteiger partial charge >= 0.3 is 0 Å². The van der Waals surface area contributed by atoms with E-state index in [1.54, 1.807) is 12.1 Å². The molecule has 1 aliphatic carbocycles. The van der Waals surface area contributed by atoms with E-state index in [0.717, 1.165) is 12.2 Å². The molecule has 4 heteroatoms. The van der Waals surface area contributed by atoms with Gasteiger partial charge in [0.2, 0.25) is 6.29 Å². The van der Waals surface area contributed by atoms with Gasteiger partial charge in [0.15, 0.2) is 0 Å². The summed E-state index contributed by atoms with van der Waals surface area (Å²) in [7, 11) is -0.669. The van der Waals surface area contributed by atoms with Crippen LogP contribution in [-0.2, 0) is 4.74 Å². The lowest BCUT2D eigenvalue weighted by molar-refractivity contribution is -0.162. The molecule has 1 aromatic carbocycles. The fraction of sp³-hybridized carbons (Fsp3) is 0.647. The van der Waals surface area contributed by atoms with Crippen LogP contribution in [0.5, 0.6) is 5.75 Å². The smallest absolute Gasteiger partial charge is 0.202 e. The van der Waals surface area contributed by atoms with Gasteiger partial charge in [-0.05, 0) is 43.0 Å². The molecule has 4 atom stereocenters. The van der Waals surface area contributed by atoms with Crippen LogP contribution in [0.4, 0.5) is 4.20 Å². The topological polar surface area (TPSA) is 18.5 Å². The third kappa shape index (κ3) is 4.93. The average Bonchev–Trinajstić information content (AvgIpc) is 2.49. The van der Waals surface area contributed by atoms with Crippen molar-refractivity contribution in [3.63, 3.8) is 0 Å². The van der Waals surface area contributed by atoms with E-state index in [1.807, 2.05) is 12.1 Å². The highest BCUT2D eigenvalue weighted by atomic mass is 31.1. The van der Waals surface area contributed by atoms with Gasteiger partial charge in [0.1, 0.15) is 5.75 Å². The monoisotopic (exact) mass is 312 g/mol. The summed E-state index contributed by atoms with van der Waals surface area (Å²) >= 11 is 0. The van der Waals surface area contributed by atoms with E-state index in [4.69, 9.17) is 9.47 Å². The lowest BCUT2D eigenvalue weighted by atomic mass is 9.88. The Labute approximate surface area is 129 Å². The molecule has 1 fully saturated rings. The molecule has 0 spiro atoms. The van der Waals surface area contributed by atoms with Crippen molar-refractivity contribution in [3.05, 3.63) is 24.3 Å². The van der Waals surface area contributed by atoms with E-state index < -0.39 is 8.89 Å². The molecule has 2 nitrogen and oxygen atoms in total. The van der Waals surface area contributed by atoms with Crippen LogP contribution >= 0.6 is 8.89 Å². The van der Waals surface area contributed by atoms with Gasteiger partial charge in [-0.1, -0.05) is 33.6 Å². The zero-order valence-corrected chi connectivity index (χ0v) is 14.1. The van der Waals surface area contributed by atoms with Gasteiger partial charge in [-0.25, -0.2) is 4.20 Å². The minimum absolute atomic E-state index is 0.241. The van der Waals surface area contributed by atoms with Crippen LogP contribution in [0.25, 0.3) is 0 Å². The van der Waals surface area contributed by atoms with Crippen LogP contribution in [-0.4, -0.2) is 12.4 Å². The van der Waals surface area contributed by atoms with Crippen molar-refractivity contribution < 1.29 is 13.7 Å². The van der Waals surface area contributed by atoms with Crippen molar-refractivity contribution in [2.45, 2.75) is 58.8 Å². The van der Waals surface area contributed by atoms with Crippen molar-refractivity contribution in [1.82, 2.24) is 0 Å². The molecule has 2 rings (SSSR count). The minimum atomic E-state index is -0.669. The number of halogens is 1. The average molecular weight is 312 g/mol. The Hall–Kier alpha value is -0.660. The molecule has 118 valence electrons. The summed E-state index contributed by atoms with van der Waals surface area (Å²) in [4.78, 5) is 0. The normalized spacial score (nSPS) is 24.6. The Morgan fingerprint density at radius 3 is 2.38 bits per heavy atom. The Morgan fingerprint density at radius 2 is 1.81 bits per heavy atom. The molecule has 0 amide bonds. The lowest BCUT2D eigenvalue weighted by Crippen LogP contribution is -2.36. The highest BCUT2D eigenvalue weighted by molar-refractivity contribution is 7.41. The predicted molar refractivity (Wildman–Crippen MR) is 87.3 cm³/mol. The van der Waals surface area contributed by atoms with E-state index in [1.165, 1.54) is 19.3 Å². The fourth-order valence-corrected chi connectivity index (χ4v) is 3.00. The zero-order valence-electron chi connectivity index (χ0n) is 13.1. The van der Waals surface area contributed by atoms with Gasteiger partial charge < -0.3 is 9.47 Å². The molecule has 0 saturated heterocycles. The summed E-state index contributed by atoms with van der Waals surface area (Å²) in [5.41, 5.74) is 0. The first-order valence-electron chi connectivity index (χ1n) is 7.89. The highest BCUT2D eigenvalue weighted by Gasteiger charge is 2.27. The SMILES string of the molecule is CC(C)C(Oc1ccc(PF)cc1)OC1CCCCC1C.